The molecule has 1 atom stereocenters. The van der Waals surface area contributed by atoms with Gasteiger partial charge in [-0.15, -0.1) is 0 Å². The van der Waals surface area contributed by atoms with Crippen LogP contribution in [0.3, 0.4) is 0 Å². The zero-order chi connectivity index (χ0) is 14.9. The average Bonchev–Trinajstić information content (AvgIpc) is 2.37. The van der Waals surface area contributed by atoms with Gasteiger partial charge in [-0.25, -0.2) is 0 Å². The SMILES string of the molecule is CCC(=O)C1=C(O)CC(c2c(C)cc(C)cc2C)CC1. The van der Waals surface area contributed by atoms with E-state index in [0.29, 0.717) is 36.5 Å². The van der Waals surface area contributed by atoms with Crippen molar-refractivity contribution in [3.8, 4) is 0 Å². The van der Waals surface area contributed by atoms with Crippen LogP contribution in [0.4, 0.5) is 0 Å². The molecule has 1 N–H and O–H groups in total. The number of carbonyl (C=O) groups is 1. The van der Waals surface area contributed by atoms with Gasteiger partial charge in [-0.2, -0.15) is 0 Å². The molecule has 2 heteroatoms. The topological polar surface area (TPSA) is 37.3 Å². The molecule has 0 heterocycles. The maximum atomic E-state index is 11.8. The number of hydrogen-bond donors (Lipinski definition) is 1. The molecule has 0 radical (unpaired) electrons. The van der Waals surface area contributed by atoms with Gasteiger partial charge in [-0.3, -0.25) is 4.79 Å². The number of aliphatic hydroxyl groups is 1. The first-order valence-electron chi connectivity index (χ1n) is 7.46. The maximum absolute atomic E-state index is 11.8. The second-order valence-electron chi connectivity index (χ2n) is 5.95. The van der Waals surface area contributed by atoms with Crippen LogP contribution in [-0.4, -0.2) is 10.9 Å². The summed E-state index contributed by atoms with van der Waals surface area (Å²) in [6, 6.07) is 4.41. The molecule has 0 saturated heterocycles. The van der Waals surface area contributed by atoms with Crippen LogP contribution < -0.4 is 0 Å². The first-order valence-corrected chi connectivity index (χ1v) is 7.46. The highest BCUT2D eigenvalue weighted by molar-refractivity contribution is 5.95. The van der Waals surface area contributed by atoms with Gasteiger partial charge in [-0.05, 0) is 56.2 Å². The Balaban J connectivity index is 2.31. The fourth-order valence-corrected chi connectivity index (χ4v) is 3.52. The third-order valence-corrected chi connectivity index (χ3v) is 4.33. The van der Waals surface area contributed by atoms with E-state index >= 15 is 0 Å². The van der Waals surface area contributed by atoms with E-state index in [2.05, 4.69) is 32.9 Å². The van der Waals surface area contributed by atoms with Crippen molar-refractivity contribution < 1.29 is 9.90 Å². The van der Waals surface area contributed by atoms with Crippen LogP contribution in [-0.2, 0) is 4.79 Å². The first kappa shape index (κ1) is 14.8. The van der Waals surface area contributed by atoms with Crippen molar-refractivity contribution >= 4 is 5.78 Å². The van der Waals surface area contributed by atoms with E-state index in [9.17, 15) is 9.90 Å². The van der Waals surface area contributed by atoms with Crippen LogP contribution in [0.5, 0.6) is 0 Å². The molecule has 1 unspecified atom stereocenters. The van der Waals surface area contributed by atoms with Crippen molar-refractivity contribution in [2.75, 3.05) is 0 Å². The van der Waals surface area contributed by atoms with Crippen molar-refractivity contribution in [3.05, 3.63) is 45.7 Å². The molecule has 0 bridgehead atoms. The molecule has 108 valence electrons. The lowest BCUT2D eigenvalue weighted by molar-refractivity contribution is -0.115. The third kappa shape index (κ3) is 2.79. The molecule has 0 amide bonds. The van der Waals surface area contributed by atoms with E-state index in [4.69, 9.17) is 0 Å². The van der Waals surface area contributed by atoms with Gasteiger partial charge < -0.3 is 5.11 Å². The fourth-order valence-electron chi connectivity index (χ4n) is 3.52. The second-order valence-corrected chi connectivity index (χ2v) is 5.95. The van der Waals surface area contributed by atoms with E-state index in [1.807, 2.05) is 6.92 Å². The number of hydrogen-bond acceptors (Lipinski definition) is 2. The summed E-state index contributed by atoms with van der Waals surface area (Å²) >= 11 is 0. The van der Waals surface area contributed by atoms with Crippen LogP contribution in [0.1, 0.15) is 60.8 Å². The summed E-state index contributed by atoms with van der Waals surface area (Å²) in [4.78, 5) is 11.8. The van der Waals surface area contributed by atoms with Gasteiger partial charge in [0.1, 0.15) is 0 Å². The van der Waals surface area contributed by atoms with Gasteiger partial charge in [0.25, 0.3) is 0 Å². The Morgan fingerprint density at radius 2 is 1.85 bits per heavy atom. The minimum absolute atomic E-state index is 0.0956. The molecule has 0 spiro atoms. The molecule has 2 nitrogen and oxygen atoms in total. The maximum Gasteiger partial charge on any atom is 0.161 e. The van der Waals surface area contributed by atoms with Crippen LogP contribution in [0.2, 0.25) is 0 Å². The zero-order valence-corrected chi connectivity index (χ0v) is 12.9. The minimum Gasteiger partial charge on any atom is -0.512 e. The van der Waals surface area contributed by atoms with Crippen molar-refractivity contribution in [2.24, 2.45) is 0 Å². The first-order chi connectivity index (χ1) is 9.43. The Hall–Kier alpha value is -1.57. The lowest BCUT2D eigenvalue weighted by Gasteiger charge is -2.27. The lowest BCUT2D eigenvalue weighted by atomic mass is 9.78. The summed E-state index contributed by atoms with van der Waals surface area (Å²) in [6.07, 6.45) is 2.74. The third-order valence-electron chi connectivity index (χ3n) is 4.33. The van der Waals surface area contributed by atoms with Gasteiger partial charge in [0.05, 0.1) is 5.76 Å². The van der Waals surface area contributed by atoms with E-state index in [-0.39, 0.29) is 5.78 Å². The molecular formula is C18H24O2. The largest absolute Gasteiger partial charge is 0.512 e. The number of Topliss-reactive ketones (excluding diaryl/α,β-unsaturated/α-hetero) is 1. The molecular weight excluding hydrogens is 248 g/mol. The highest BCUT2D eigenvalue weighted by atomic mass is 16.3. The molecule has 0 aliphatic heterocycles. The number of allylic oxidation sites excluding steroid dienone is 2. The van der Waals surface area contributed by atoms with Gasteiger partial charge in [0, 0.05) is 18.4 Å². The van der Waals surface area contributed by atoms with Crippen LogP contribution in [0.15, 0.2) is 23.5 Å². The highest BCUT2D eigenvalue weighted by Crippen LogP contribution is 2.38. The monoisotopic (exact) mass is 272 g/mol. The normalized spacial score (nSPS) is 19.3. The Bertz CT molecular complexity index is 544. The summed E-state index contributed by atoms with van der Waals surface area (Å²) in [7, 11) is 0. The summed E-state index contributed by atoms with van der Waals surface area (Å²) in [6.45, 7) is 8.24. The molecule has 1 aromatic rings. The number of rotatable bonds is 3. The van der Waals surface area contributed by atoms with Gasteiger partial charge in [-0.1, -0.05) is 24.6 Å². The van der Waals surface area contributed by atoms with Crippen LogP contribution >= 0.6 is 0 Å². The number of aliphatic hydroxyl groups excluding tert-OH is 1. The Morgan fingerprint density at radius 1 is 1.25 bits per heavy atom. The van der Waals surface area contributed by atoms with Crippen molar-refractivity contribution in [1.29, 1.82) is 0 Å². The average molecular weight is 272 g/mol. The van der Waals surface area contributed by atoms with Gasteiger partial charge in [0.15, 0.2) is 5.78 Å². The molecule has 1 aromatic carbocycles. The predicted molar refractivity (Wildman–Crippen MR) is 82.2 cm³/mol. The van der Waals surface area contributed by atoms with Crippen LogP contribution in [0.25, 0.3) is 0 Å². The summed E-state index contributed by atoms with van der Waals surface area (Å²) < 4.78 is 0. The predicted octanol–water partition coefficient (Wildman–Crippen LogP) is 4.67. The molecule has 0 saturated carbocycles. The summed E-state index contributed by atoms with van der Waals surface area (Å²) in [5.74, 6) is 0.745. The van der Waals surface area contributed by atoms with Crippen LogP contribution in [0, 0.1) is 20.8 Å². The van der Waals surface area contributed by atoms with Gasteiger partial charge >= 0.3 is 0 Å². The quantitative estimate of drug-likeness (QED) is 0.868. The zero-order valence-electron chi connectivity index (χ0n) is 12.9. The highest BCUT2D eigenvalue weighted by Gasteiger charge is 2.26. The number of benzene rings is 1. The van der Waals surface area contributed by atoms with E-state index < -0.39 is 0 Å². The number of aryl methyl sites for hydroxylation is 3. The van der Waals surface area contributed by atoms with E-state index in [0.717, 1.165) is 6.42 Å². The second kappa shape index (κ2) is 5.82. The molecule has 1 aliphatic carbocycles. The van der Waals surface area contributed by atoms with Crippen molar-refractivity contribution in [3.63, 3.8) is 0 Å². The van der Waals surface area contributed by atoms with E-state index in [1.54, 1.807) is 0 Å². The standard InChI is InChI=1S/C18H24O2/c1-5-16(19)15-7-6-14(10-17(15)20)18-12(3)8-11(2)9-13(18)4/h8-9,14,20H,5-7,10H2,1-4H3. The molecule has 2 rings (SSSR count). The Kier molecular flexibility index (Phi) is 4.32. The fraction of sp³-hybridized carbons (Fsp3) is 0.500. The van der Waals surface area contributed by atoms with Crippen molar-refractivity contribution in [1.82, 2.24) is 0 Å². The Labute approximate surface area is 121 Å². The van der Waals surface area contributed by atoms with Gasteiger partial charge in [0.2, 0.25) is 0 Å². The molecule has 0 fully saturated rings. The Morgan fingerprint density at radius 3 is 2.35 bits per heavy atom. The summed E-state index contributed by atoms with van der Waals surface area (Å²) in [5.41, 5.74) is 5.88. The number of carbonyl (C=O) groups excluding carboxylic acids is 1. The molecule has 20 heavy (non-hydrogen) atoms. The minimum atomic E-state index is 0.0956. The number of ketones is 1. The van der Waals surface area contributed by atoms with Crippen molar-refractivity contribution in [2.45, 2.75) is 59.3 Å². The molecule has 1 aliphatic rings. The smallest absolute Gasteiger partial charge is 0.161 e. The summed E-state index contributed by atoms with van der Waals surface area (Å²) in [5, 5.41) is 10.2. The lowest BCUT2D eigenvalue weighted by Crippen LogP contribution is -2.16. The molecule has 0 aromatic heterocycles. The van der Waals surface area contributed by atoms with E-state index in [1.165, 1.54) is 22.3 Å².